The van der Waals surface area contributed by atoms with Crippen LogP contribution >= 0.6 is 0 Å². The number of urea groups is 1. The molecule has 0 fully saturated rings. The molecule has 3 aromatic carbocycles. The number of carbonyl (C=O) groups is 1. The van der Waals surface area contributed by atoms with E-state index in [4.69, 9.17) is 5.10 Å². The minimum Gasteiger partial charge on any atom is -0.494 e. The van der Waals surface area contributed by atoms with Gasteiger partial charge in [-0.1, -0.05) is 51.1 Å². The van der Waals surface area contributed by atoms with E-state index in [1.165, 1.54) is 11.1 Å². The maximum Gasteiger partial charge on any atom is 0.324 e. The molecule has 198 valence electrons. The van der Waals surface area contributed by atoms with Crippen molar-refractivity contribution in [2.24, 2.45) is 0 Å². The predicted octanol–water partition coefficient (Wildman–Crippen LogP) is 6.31. The molecule has 0 radical (unpaired) electrons. The van der Waals surface area contributed by atoms with Gasteiger partial charge >= 0.3 is 6.03 Å². The molecule has 5 aromatic rings. The number of nitrogens with zero attached hydrogens (tertiary/aromatic N) is 2. The highest BCUT2D eigenvalue weighted by atomic mass is 16.3. The Hall–Kier alpha value is -4.56. The fourth-order valence-electron chi connectivity index (χ4n) is 5.04. The van der Waals surface area contributed by atoms with E-state index < -0.39 is 0 Å². The van der Waals surface area contributed by atoms with Crippen molar-refractivity contribution in [2.45, 2.75) is 39.2 Å². The normalized spacial score (nSPS) is 13.3. The molecule has 0 saturated heterocycles. The number of aromatic nitrogens is 3. The first-order valence-electron chi connectivity index (χ1n) is 13.2. The fourth-order valence-corrected chi connectivity index (χ4v) is 5.04. The van der Waals surface area contributed by atoms with Crippen LogP contribution < -0.4 is 16.0 Å². The Labute approximate surface area is 227 Å². The Balaban J connectivity index is 1.23. The van der Waals surface area contributed by atoms with Gasteiger partial charge in [0.2, 0.25) is 0 Å². The Morgan fingerprint density at radius 3 is 2.59 bits per heavy atom. The first-order chi connectivity index (χ1) is 18.8. The zero-order valence-electron chi connectivity index (χ0n) is 22.3. The zero-order valence-corrected chi connectivity index (χ0v) is 22.3. The summed E-state index contributed by atoms with van der Waals surface area (Å²) in [6.45, 7) is 8.16. The number of hydrogen-bond acceptors (Lipinski definition) is 4. The standard InChI is InChI=1S/C31H32N6O2/c1-31(2,3)27-16-28(37(36-27)23-12-9-21-17-32-14-13-20(21)15-23)35-30(39)34-22-10-7-19(8-11-22)24-5-4-6-25-26(24)18-33-29(25)38/h4-12,15-16,18,32-33,38H,13-14,17H2,1-3H3,(H2,34,35,39). The lowest BCUT2D eigenvalue weighted by atomic mass is 9.92. The van der Waals surface area contributed by atoms with Gasteiger partial charge in [-0.3, -0.25) is 5.32 Å². The Morgan fingerprint density at radius 2 is 1.79 bits per heavy atom. The van der Waals surface area contributed by atoms with Crippen LogP contribution in [0.5, 0.6) is 5.88 Å². The summed E-state index contributed by atoms with van der Waals surface area (Å²) < 4.78 is 1.82. The van der Waals surface area contributed by atoms with Gasteiger partial charge in [0.1, 0.15) is 5.82 Å². The van der Waals surface area contributed by atoms with Gasteiger partial charge in [-0.05, 0) is 65.6 Å². The number of aromatic amines is 1. The molecule has 1 aliphatic heterocycles. The molecule has 3 heterocycles. The van der Waals surface area contributed by atoms with E-state index >= 15 is 0 Å². The molecule has 2 amide bonds. The smallest absolute Gasteiger partial charge is 0.324 e. The molecule has 8 heteroatoms. The van der Waals surface area contributed by atoms with E-state index in [0.717, 1.165) is 52.8 Å². The number of aromatic hydroxyl groups is 1. The Morgan fingerprint density at radius 1 is 0.974 bits per heavy atom. The minimum atomic E-state index is -0.343. The maximum atomic E-state index is 13.1. The summed E-state index contributed by atoms with van der Waals surface area (Å²) in [6.07, 6.45) is 2.77. The fraction of sp³-hybridized carbons (Fsp3) is 0.226. The van der Waals surface area contributed by atoms with E-state index in [9.17, 15) is 9.90 Å². The van der Waals surface area contributed by atoms with Crippen LogP contribution in [0.2, 0.25) is 0 Å². The zero-order chi connectivity index (χ0) is 27.1. The van der Waals surface area contributed by atoms with E-state index in [1.54, 1.807) is 6.20 Å². The number of rotatable bonds is 4. The third kappa shape index (κ3) is 4.86. The number of carbonyl (C=O) groups excluding carboxylic acids is 1. The van der Waals surface area contributed by atoms with Gasteiger partial charge in [0.25, 0.3) is 0 Å². The monoisotopic (exact) mass is 520 g/mol. The number of H-pyrrole nitrogens is 1. The number of anilines is 2. The largest absolute Gasteiger partial charge is 0.494 e. The second kappa shape index (κ2) is 9.63. The molecule has 0 unspecified atom stereocenters. The van der Waals surface area contributed by atoms with Gasteiger partial charge in [-0.25, -0.2) is 9.48 Å². The van der Waals surface area contributed by atoms with Crippen LogP contribution in [0.15, 0.2) is 72.9 Å². The molecule has 0 atom stereocenters. The van der Waals surface area contributed by atoms with Crippen LogP contribution in [0.3, 0.4) is 0 Å². The van der Waals surface area contributed by atoms with Crippen LogP contribution in [-0.2, 0) is 18.4 Å². The van der Waals surface area contributed by atoms with Crippen molar-refractivity contribution in [1.82, 2.24) is 20.1 Å². The molecule has 0 saturated carbocycles. The minimum absolute atomic E-state index is 0.156. The van der Waals surface area contributed by atoms with Crippen molar-refractivity contribution < 1.29 is 9.90 Å². The molecule has 0 spiro atoms. The summed E-state index contributed by atoms with van der Waals surface area (Å²) in [5, 5.41) is 26.0. The van der Waals surface area contributed by atoms with E-state index in [1.807, 2.05) is 53.2 Å². The van der Waals surface area contributed by atoms with Crippen LogP contribution in [0.25, 0.3) is 27.6 Å². The maximum absolute atomic E-state index is 13.1. The molecule has 8 nitrogen and oxygen atoms in total. The quantitative estimate of drug-likeness (QED) is 0.191. The van der Waals surface area contributed by atoms with Gasteiger partial charge in [0, 0.05) is 40.7 Å². The third-order valence-corrected chi connectivity index (χ3v) is 7.21. The number of fused-ring (bicyclic) bond motifs is 2. The molecule has 39 heavy (non-hydrogen) atoms. The average Bonchev–Trinajstić information content (AvgIpc) is 3.53. The number of benzene rings is 3. The molecule has 1 aliphatic rings. The Bertz CT molecular complexity index is 1670. The van der Waals surface area contributed by atoms with E-state index in [-0.39, 0.29) is 17.3 Å². The lowest BCUT2D eigenvalue weighted by Gasteiger charge is -2.18. The molecular formula is C31H32N6O2. The lowest BCUT2D eigenvalue weighted by molar-refractivity contribution is 0.262. The van der Waals surface area contributed by atoms with Gasteiger partial charge < -0.3 is 20.7 Å². The van der Waals surface area contributed by atoms with Gasteiger partial charge in [0.05, 0.1) is 11.4 Å². The van der Waals surface area contributed by atoms with Crippen molar-refractivity contribution in [3.8, 4) is 22.7 Å². The second-order valence-corrected chi connectivity index (χ2v) is 11.0. The van der Waals surface area contributed by atoms with Crippen molar-refractivity contribution in [2.75, 3.05) is 17.2 Å². The third-order valence-electron chi connectivity index (χ3n) is 7.21. The topological polar surface area (TPSA) is 107 Å². The van der Waals surface area contributed by atoms with Crippen LogP contribution in [0, 0.1) is 0 Å². The molecule has 2 aromatic heterocycles. The predicted molar refractivity (Wildman–Crippen MR) is 156 cm³/mol. The number of hydrogen-bond donors (Lipinski definition) is 5. The van der Waals surface area contributed by atoms with Crippen LogP contribution in [-0.4, -0.2) is 32.4 Å². The first kappa shape index (κ1) is 24.8. The summed E-state index contributed by atoms with van der Waals surface area (Å²) in [6, 6.07) is 21.4. The summed E-state index contributed by atoms with van der Waals surface area (Å²) in [5.41, 5.74) is 6.91. The van der Waals surface area contributed by atoms with Crippen molar-refractivity contribution in [1.29, 1.82) is 0 Å². The van der Waals surface area contributed by atoms with E-state index in [2.05, 4.69) is 59.9 Å². The van der Waals surface area contributed by atoms with Crippen molar-refractivity contribution in [3.63, 3.8) is 0 Å². The average molecular weight is 521 g/mol. The molecule has 5 N–H and O–H groups in total. The lowest BCUT2D eigenvalue weighted by Crippen LogP contribution is -2.24. The summed E-state index contributed by atoms with van der Waals surface area (Å²) in [4.78, 5) is 16.0. The van der Waals surface area contributed by atoms with Crippen molar-refractivity contribution >= 4 is 28.3 Å². The highest BCUT2D eigenvalue weighted by molar-refractivity contribution is 6.01. The Kier molecular flexibility index (Phi) is 6.12. The van der Waals surface area contributed by atoms with Gasteiger partial charge in [0.15, 0.2) is 5.88 Å². The number of nitrogens with one attached hydrogen (secondary N) is 4. The first-order valence-corrected chi connectivity index (χ1v) is 13.2. The second-order valence-electron chi connectivity index (χ2n) is 11.0. The summed E-state index contributed by atoms with van der Waals surface area (Å²) in [7, 11) is 0. The van der Waals surface area contributed by atoms with Crippen molar-refractivity contribution in [3.05, 3.63) is 89.7 Å². The number of amides is 2. The van der Waals surface area contributed by atoms with Gasteiger partial charge in [-0.2, -0.15) is 5.10 Å². The summed E-state index contributed by atoms with van der Waals surface area (Å²) in [5.74, 6) is 0.768. The van der Waals surface area contributed by atoms with Crippen LogP contribution in [0.1, 0.15) is 37.6 Å². The van der Waals surface area contributed by atoms with Crippen LogP contribution in [0.4, 0.5) is 16.3 Å². The summed E-state index contributed by atoms with van der Waals surface area (Å²) >= 11 is 0. The molecule has 6 rings (SSSR count). The molecule has 0 aliphatic carbocycles. The highest BCUT2D eigenvalue weighted by Crippen LogP contribution is 2.33. The van der Waals surface area contributed by atoms with Gasteiger partial charge in [-0.15, -0.1) is 0 Å². The molecule has 0 bridgehead atoms. The van der Waals surface area contributed by atoms with E-state index in [0.29, 0.717) is 11.5 Å². The molecular weight excluding hydrogens is 488 g/mol. The SMILES string of the molecule is CC(C)(C)c1cc(NC(=O)Nc2ccc(-c3cccc4c(O)[nH]cc34)cc2)n(-c2ccc3c(c2)CCNC3)n1. The highest BCUT2D eigenvalue weighted by Gasteiger charge is 2.22.